The molecule has 0 saturated heterocycles. The molecule has 0 aliphatic rings. The van der Waals surface area contributed by atoms with E-state index in [0.717, 1.165) is 0 Å². The molecule has 0 saturated carbocycles. The summed E-state index contributed by atoms with van der Waals surface area (Å²) in [7, 11) is 0. The number of ether oxygens (including phenoxy) is 1. The van der Waals surface area contributed by atoms with Crippen LogP contribution in [0.15, 0.2) is 16.7 Å². The predicted molar refractivity (Wildman–Crippen MR) is 51.3 cm³/mol. The summed E-state index contributed by atoms with van der Waals surface area (Å²) in [6.45, 7) is 0. The summed E-state index contributed by atoms with van der Waals surface area (Å²) < 4.78 is 39.8. The van der Waals surface area contributed by atoms with Crippen LogP contribution in [0.3, 0.4) is 0 Å². The Morgan fingerprint density at radius 1 is 1.46 bits per heavy atom. The second-order valence-electron chi connectivity index (χ2n) is 1.99. The molecule has 0 unspecified atom stereocenters. The molecule has 0 aromatic carbocycles. The Balaban J connectivity index is 2.90. The van der Waals surface area contributed by atoms with Gasteiger partial charge in [-0.3, -0.25) is 0 Å². The van der Waals surface area contributed by atoms with Crippen LogP contribution in [0.25, 0.3) is 0 Å². The lowest BCUT2D eigenvalue weighted by molar-refractivity contribution is -0.276. The lowest BCUT2D eigenvalue weighted by Gasteiger charge is -2.08. The average molecular weight is 368 g/mol. The van der Waals surface area contributed by atoms with Gasteiger partial charge in [-0.2, -0.15) is 0 Å². The Morgan fingerprint density at radius 2 is 2.08 bits per heavy atom. The van der Waals surface area contributed by atoms with E-state index in [0.29, 0.717) is 8.04 Å². The van der Waals surface area contributed by atoms with Crippen molar-refractivity contribution in [3.63, 3.8) is 0 Å². The highest BCUT2D eigenvalue weighted by Gasteiger charge is 2.32. The van der Waals surface area contributed by atoms with Crippen molar-refractivity contribution < 1.29 is 17.9 Å². The molecule has 13 heavy (non-hydrogen) atoms. The number of aromatic nitrogens is 1. The predicted octanol–water partition coefficient (Wildman–Crippen LogP) is 3.35. The first-order valence-corrected chi connectivity index (χ1v) is 4.82. The molecule has 0 atom stereocenters. The summed E-state index contributed by atoms with van der Waals surface area (Å²) in [4.78, 5) is 3.47. The average Bonchev–Trinajstić information content (AvgIpc) is 1.93. The zero-order chi connectivity index (χ0) is 10.1. The minimum atomic E-state index is -4.69. The Morgan fingerprint density at radius 3 is 2.54 bits per heavy atom. The molecule has 0 aliphatic carbocycles. The number of halogens is 5. The van der Waals surface area contributed by atoms with E-state index < -0.39 is 12.2 Å². The Hall–Kier alpha value is -0.0500. The maximum atomic E-state index is 11.7. The third kappa shape index (κ3) is 3.67. The van der Waals surface area contributed by atoms with Crippen LogP contribution in [-0.4, -0.2) is 11.3 Å². The number of nitrogens with zero attached hydrogens (tertiary/aromatic N) is 1. The van der Waals surface area contributed by atoms with E-state index in [2.05, 4.69) is 25.7 Å². The van der Waals surface area contributed by atoms with Crippen molar-refractivity contribution in [1.82, 2.24) is 4.98 Å². The van der Waals surface area contributed by atoms with Crippen molar-refractivity contribution in [1.29, 1.82) is 0 Å². The van der Waals surface area contributed by atoms with Gasteiger partial charge in [-0.1, -0.05) is 0 Å². The molecule has 1 aromatic rings. The lowest BCUT2D eigenvalue weighted by Crippen LogP contribution is -2.18. The van der Waals surface area contributed by atoms with E-state index in [4.69, 9.17) is 0 Å². The highest BCUT2D eigenvalue weighted by atomic mass is 127. The fraction of sp³-hybridized carbons (Fsp3) is 0.167. The van der Waals surface area contributed by atoms with Gasteiger partial charge in [0.2, 0.25) is 5.88 Å². The van der Waals surface area contributed by atoms with Crippen molar-refractivity contribution >= 4 is 38.5 Å². The fourth-order valence-electron chi connectivity index (χ4n) is 0.587. The molecule has 0 aliphatic heterocycles. The molecule has 0 spiro atoms. The van der Waals surface area contributed by atoms with E-state index in [-0.39, 0.29) is 0 Å². The first kappa shape index (κ1) is 11.0. The van der Waals surface area contributed by atoms with Gasteiger partial charge in [-0.05, 0) is 44.6 Å². The van der Waals surface area contributed by atoms with Crippen LogP contribution in [0.1, 0.15) is 0 Å². The van der Waals surface area contributed by atoms with Gasteiger partial charge in [0.05, 0.1) is 3.57 Å². The Kier molecular flexibility index (Phi) is 3.38. The largest absolute Gasteiger partial charge is 0.574 e. The van der Waals surface area contributed by atoms with Crippen molar-refractivity contribution in [2.24, 2.45) is 0 Å². The van der Waals surface area contributed by atoms with Gasteiger partial charge >= 0.3 is 6.36 Å². The molecule has 72 valence electrons. The number of rotatable bonds is 1. The smallest absolute Gasteiger partial charge is 0.387 e. The quantitative estimate of drug-likeness (QED) is 0.710. The summed E-state index contributed by atoms with van der Waals surface area (Å²) >= 11 is 4.78. The minimum absolute atomic E-state index is 0.296. The highest BCUT2D eigenvalue weighted by molar-refractivity contribution is 14.1. The number of hydrogen-bond donors (Lipinski definition) is 0. The van der Waals surface area contributed by atoms with Crippen molar-refractivity contribution in [3.8, 4) is 5.88 Å². The van der Waals surface area contributed by atoms with Gasteiger partial charge in [-0.25, -0.2) is 4.98 Å². The lowest BCUT2D eigenvalue weighted by atomic mass is 10.5. The van der Waals surface area contributed by atoms with E-state index in [9.17, 15) is 13.2 Å². The summed E-state index contributed by atoms with van der Waals surface area (Å²) in [5, 5.41) is 0. The van der Waals surface area contributed by atoms with Crippen molar-refractivity contribution in [2.75, 3.05) is 0 Å². The van der Waals surface area contributed by atoms with Gasteiger partial charge in [0.1, 0.15) is 0 Å². The standard InChI is InChI=1S/C6H2BrF3INO/c7-3-1-4(11)5(12-2-3)13-6(8,9)10/h1-2H. The zero-order valence-corrected chi connectivity index (χ0v) is 9.64. The molecule has 2 nitrogen and oxygen atoms in total. The molecule has 1 rings (SSSR count). The Bertz CT molecular complexity index is 317. The first-order valence-electron chi connectivity index (χ1n) is 2.95. The molecular formula is C6H2BrF3INO. The van der Waals surface area contributed by atoms with E-state index in [1.807, 2.05) is 0 Å². The summed E-state index contributed by atoms with van der Waals surface area (Å²) in [5.74, 6) is -0.434. The molecule has 0 amide bonds. The molecule has 0 bridgehead atoms. The van der Waals surface area contributed by atoms with Crippen molar-refractivity contribution in [2.45, 2.75) is 6.36 Å². The normalized spacial score (nSPS) is 11.5. The first-order chi connectivity index (χ1) is 5.88. The van der Waals surface area contributed by atoms with Crippen LogP contribution >= 0.6 is 38.5 Å². The molecule has 7 heteroatoms. The van der Waals surface area contributed by atoms with Crippen molar-refractivity contribution in [3.05, 3.63) is 20.3 Å². The van der Waals surface area contributed by atoms with Gasteiger partial charge < -0.3 is 4.74 Å². The second kappa shape index (κ2) is 3.99. The van der Waals surface area contributed by atoms with Gasteiger partial charge in [-0.15, -0.1) is 13.2 Å². The highest BCUT2D eigenvalue weighted by Crippen LogP contribution is 2.26. The Labute approximate surface area is 93.8 Å². The van der Waals surface area contributed by atoms with Crippen LogP contribution in [-0.2, 0) is 0 Å². The number of alkyl halides is 3. The summed E-state index contributed by atoms with van der Waals surface area (Å²) in [6, 6.07) is 1.48. The third-order valence-corrected chi connectivity index (χ3v) is 2.19. The molecule has 0 fully saturated rings. The monoisotopic (exact) mass is 367 g/mol. The number of hydrogen-bond acceptors (Lipinski definition) is 2. The molecule has 0 radical (unpaired) electrons. The second-order valence-corrected chi connectivity index (χ2v) is 4.07. The topological polar surface area (TPSA) is 22.1 Å². The molecule has 0 N–H and O–H groups in total. The van der Waals surface area contributed by atoms with Crippen LogP contribution < -0.4 is 4.74 Å². The fourth-order valence-corrected chi connectivity index (χ4v) is 1.93. The van der Waals surface area contributed by atoms with Crippen LogP contribution in [0.5, 0.6) is 5.88 Å². The van der Waals surface area contributed by atoms with Crippen LogP contribution in [0.2, 0.25) is 0 Å². The summed E-state index contributed by atoms with van der Waals surface area (Å²) in [5.41, 5.74) is 0. The van der Waals surface area contributed by atoms with Crippen LogP contribution in [0, 0.1) is 3.57 Å². The van der Waals surface area contributed by atoms with E-state index in [1.165, 1.54) is 12.3 Å². The van der Waals surface area contributed by atoms with E-state index >= 15 is 0 Å². The zero-order valence-electron chi connectivity index (χ0n) is 5.90. The maximum absolute atomic E-state index is 11.7. The van der Waals surface area contributed by atoms with Gasteiger partial charge in [0, 0.05) is 10.7 Å². The number of pyridine rings is 1. The van der Waals surface area contributed by atoms with Gasteiger partial charge in [0.25, 0.3) is 0 Å². The van der Waals surface area contributed by atoms with Crippen LogP contribution in [0.4, 0.5) is 13.2 Å². The molecule has 1 heterocycles. The SMILES string of the molecule is FC(F)(F)Oc1ncc(Br)cc1I. The molecule has 1 aromatic heterocycles. The maximum Gasteiger partial charge on any atom is 0.574 e. The minimum Gasteiger partial charge on any atom is -0.387 e. The molecular weight excluding hydrogens is 366 g/mol. The van der Waals surface area contributed by atoms with E-state index in [1.54, 1.807) is 22.6 Å². The van der Waals surface area contributed by atoms with Gasteiger partial charge in [0.15, 0.2) is 0 Å². The summed E-state index contributed by atoms with van der Waals surface area (Å²) in [6.07, 6.45) is -3.45. The third-order valence-electron chi connectivity index (χ3n) is 0.986.